The third-order valence-electron chi connectivity index (χ3n) is 4.20. The molecule has 0 saturated heterocycles. The highest BCUT2D eigenvalue weighted by atomic mass is 79.9. The third-order valence-corrected chi connectivity index (χ3v) is 6.69. The van der Waals surface area contributed by atoms with Crippen molar-refractivity contribution >= 4 is 50.9 Å². The molecule has 7 nitrogen and oxygen atoms in total. The van der Waals surface area contributed by atoms with E-state index in [0.717, 1.165) is 33.1 Å². The number of nitrogens with zero attached hydrogens (tertiary/aromatic N) is 4. The van der Waals surface area contributed by atoms with Crippen LogP contribution in [0.2, 0.25) is 10.0 Å². The van der Waals surface area contributed by atoms with Crippen molar-refractivity contribution in [3.63, 3.8) is 0 Å². The maximum absolute atomic E-state index is 6.09. The molecular weight excluding hydrogens is 525 g/mol. The van der Waals surface area contributed by atoms with E-state index in [2.05, 4.69) is 36.8 Å². The predicted octanol–water partition coefficient (Wildman–Crippen LogP) is 5.14. The fourth-order valence-electron chi connectivity index (χ4n) is 2.67. The van der Waals surface area contributed by atoms with Gasteiger partial charge in [0.1, 0.15) is 6.61 Å². The van der Waals surface area contributed by atoms with E-state index in [-0.39, 0.29) is 0 Å². The monoisotopic (exact) mass is 545 g/mol. The number of hydrogen-bond acceptors (Lipinski definition) is 7. The number of nitrogens with one attached hydrogen (secondary N) is 1. The molecule has 0 radical (unpaired) electrons. The summed E-state index contributed by atoms with van der Waals surface area (Å²) in [5.74, 6) is 2.21. The Kier molecular flexibility index (Phi) is 9.28. The Labute approximate surface area is 203 Å². The van der Waals surface area contributed by atoms with Crippen LogP contribution in [0, 0.1) is 0 Å². The third kappa shape index (κ3) is 6.98. The second kappa shape index (κ2) is 11.9. The van der Waals surface area contributed by atoms with Crippen LogP contribution in [0.15, 0.2) is 40.0 Å². The van der Waals surface area contributed by atoms with Crippen LogP contribution < -0.4 is 14.8 Å². The highest BCUT2D eigenvalue weighted by molar-refractivity contribution is 9.10. The van der Waals surface area contributed by atoms with Gasteiger partial charge in [0, 0.05) is 30.4 Å². The van der Waals surface area contributed by atoms with E-state index in [9.17, 15) is 0 Å². The van der Waals surface area contributed by atoms with E-state index in [1.54, 1.807) is 28.6 Å². The number of hydrogen-bond donors (Lipinski definition) is 1. The number of rotatable bonds is 11. The summed E-state index contributed by atoms with van der Waals surface area (Å²) in [5, 5.41) is 16.7. The van der Waals surface area contributed by atoms with Crippen molar-refractivity contribution < 1.29 is 9.47 Å². The Bertz CT molecular complexity index is 1020. The molecule has 0 aliphatic carbocycles. The first-order chi connectivity index (χ1) is 15.0. The Hall–Kier alpha value is -1.52. The van der Waals surface area contributed by atoms with E-state index in [0.29, 0.717) is 41.3 Å². The highest BCUT2D eigenvalue weighted by Gasteiger charge is 2.12. The topological polar surface area (TPSA) is 74.1 Å². The number of thioether (sulfide) groups is 1. The molecule has 0 saturated carbocycles. The quantitative estimate of drug-likeness (QED) is 0.263. The van der Waals surface area contributed by atoms with Crippen LogP contribution >= 0.6 is 50.9 Å². The van der Waals surface area contributed by atoms with Gasteiger partial charge in [-0.25, -0.2) is 4.68 Å². The Morgan fingerprint density at radius 3 is 2.65 bits per heavy atom. The van der Waals surface area contributed by atoms with Gasteiger partial charge in [-0.1, -0.05) is 57.0 Å². The van der Waals surface area contributed by atoms with Crippen molar-refractivity contribution in [3.8, 4) is 11.5 Å². The van der Waals surface area contributed by atoms with Crippen molar-refractivity contribution in [2.24, 2.45) is 7.05 Å². The minimum atomic E-state index is 0.356. The van der Waals surface area contributed by atoms with Crippen molar-refractivity contribution in [2.45, 2.75) is 25.2 Å². The number of aryl methyl sites for hydroxylation is 1. The van der Waals surface area contributed by atoms with Gasteiger partial charge in [0.2, 0.25) is 5.16 Å². The molecule has 166 valence electrons. The van der Waals surface area contributed by atoms with E-state index in [1.807, 2.05) is 32.2 Å². The molecule has 0 unspecified atom stereocenters. The summed E-state index contributed by atoms with van der Waals surface area (Å²) >= 11 is 17.3. The first-order valence-electron chi connectivity index (χ1n) is 9.55. The van der Waals surface area contributed by atoms with Crippen LogP contribution in [0.5, 0.6) is 11.5 Å². The van der Waals surface area contributed by atoms with Crippen LogP contribution in [-0.4, -0.2) is 39.1 Å². The SMILES string of the molecule is CCOc1cc(CNCCSc2nnnn2C)c(Br)cc1OCc1ccc(Cl)c(Cl)c1. The zero-order valence-corrected chi connectivity index (χ0v) is 21.0. The summed E-state index contributed by atoms with van der Waals surface area (Å²) in [4.78, 5) is 0. The summed E-state index contributed by atoms with van der Waals surface area (Å²) in [6.45, 7) is 4.34. The average molecular weight is 547 g/mol. The second-order valence-electron chi connectivity index (χ2n) is 6.47. The van der Waals surface area contributed by atoms with Crippen molar-refractivity contribution in [1.29, 1.82) is 0 Å². The molecule has 0 spiro atoms. The summed E-state index contributed by atoms with van der Waals surface area (Å²) in [5.41, 5.74) is 2.00. The number of halogens is 3. The molecule has 2 aromatic carbocycles. The molecule has 1 N–H and O–H groups in total. The van der Waals surface area contributed by atoms with E-state index >= 15 is 0 Å². The molecule has 0 aliphatic heterocycles. The van der Waals surface area contributed by atoms with Crippen LogP contribution in [0.3, 0.4) is 0 Å². The van der Waals surface area contributed by atoms with Crippen LogP contribution in [0.25, 0.3) is 0 Å². The summed E-state index contributed by atoms with van der Waals surface area (Å²) in [6, 6.07) is 9.36. The zero-order chi connectivity index (χ0) is 22.2. The highest BCUT2D eigenvalue weighted by Crippen LogP contribution is 2.35. The lowest BCUT2D eigenvalue weighted by Gasteiger charge is -2.16. The smallest absolute Gasteiger partial charge is 0.209 e. The molecule has 1 heterocycles. The minimum absolute atomic E-state index is 0.356. The van der Waals surface area contributed by atoms with Gasteiger partial charge in [-0.05, 0) is 52.7 Å². The van der Waals surface area contributed by atoms with Gasteiger partial charge in [0.25, 0.3) is 0 Å². The Morgan fingerprint density at radius 1 is 1.13 bits per heavy atom. The van der Waals surface area contributed by atoms with E-state index in [1.165, 1.54) is 0 Å². The normalized spacial score (nSPS) is 11.0. The molecule has 0 aliphatic rings. The average Bonchev–Trinajstić information content (AvgIpc) is 3.16. The van der Waals surface area contributed by atoms with Crippen LogP contribution in [0.4, 0.5) is 0 Å². The van der Waals surface area contributed by atoms with Gasteiger partial charge >= 0.3 is 0 Å². The maximum Gasteiger partial charge on any atom is 0.209 e. The molecule has 11 heteroatoms. The van der Waals surface area contributed by atoms with Crippen molar-refractivity contribution in [1.82, 2.24) is 25.5 Å². The van der Waals surface area contributed by atoms with Gasteiger partial charge in [-0.2, -0.15) is 0 Å². The molecule has 0 atom stereocenters. The standard InChI is InChI=1S/C20H22BrCl2N5O2S/c1-3-29-18-9-14(11-24-6-7-31-20-25-26-27-28(20)2)15(21)10-19(18)30-12-13-4-5-16(22)17(23)8-13/h4-5,8-10,24H,3,6-7,11-12H2,1-2H3. The lowest BCUT2D eigenvalue weighted by Crippen LogP contribution is -2.17. The molecule has 0 amide bonds. The molecule has 1 aromatic heterocycles. The molecule has 0 bridgehead atoms. The summed E-state index contributed by atoms with van der Waals surface area (Å²) in [6.07, 6.45) is 0. The van der Waals surface area contributed by atoms with Gasteiger partial charge in [0.15, 0.2) is 11.5 Å². The van der Waals surface area contributed by atoms with Gasteiger partial charge in [0.05, 0.1) is 16.7 Å². The summed E-state index contributed by atoms with van der Waals surface area (Å²) in [7, 11) is 1.83. The molecule has 3 rings (SSSR count). The zero-order valence-electron chi connectivity index (χ0n) is 17.1. The first-order valence-corrected chi connectivity index (χ1v) is 12.1. The molecular formula is C20H22BrCl2N5O2S. The van der Waals surface area contributed by atoms with E-state index in [4.69, 9.17) is 32.7 Å². The molecule has 0 fully saturated rings. The van der Waals surface area contributed by atoms with Crippen molar-refractivity contribution in [2.75, 3.05) is 18.9 Å². The maximum atomic E-state index is 6.09. The Morgan fingerprint density at radius 2 is 1.94 bits per heavy atom. The van der Waals surface area contributed by atoms with Crippen molar-refractivity contribution in [3.05, 3.63) is 56.0 Å². The largest absolute Gasteiger partial charge is 0.490 e. The number of ether oxygens (including phenoxy) is 2. The minimum Gasteiger partial charge on any atom is -0.490 e. The van der Waals surface area contributed by atoms with Gasteiger partial charge in [-0.3, -0.25) is 0 Å². The van der Waals surface area contributed by atoms with Gasteiger partial charge < -0.3 is 14.8 Å². The molecule has 3 aromatic rings. The number of tetrazole rings is 1. The fraction of sp³-hybridized carbons (Fsp3) is 0.350. The Balaban J connectivity index is 1.58. The van der Waals surface area contributed by atoms with E-state index < -0.39 is 0 Å². The number of aromatic nitrogens is 4. The number of benzene rings is 2. The van der Waals surface area contributed by atoms with Gasteiger partial charge in [-0.15, -0.1) is 5.10 Å². The predicted molar refractivity (Wildman–Crippen MR) is 127 cm³/mol. The first kappa shape index (κ1) is 24.1. The summed E-state index contributed by atoms with van der Waals surface area (Å²) < 4.78 is 14.4. The second-order valence-corrected chi connectivity index (χ2v) is 9.20. The van der Waals surface area contributed by atoms with Crippen LogP contribution in [-0.2, 0) is 20.2 Å². The molecule has 31 heavy (non-hydrogen) atoms. The lowest BCUT2D eigenvalue weighted by atomic mass is 10.2. The fourth-order valence-corrected chi connectivity index (χ4v) is 4.20. The lowest BCUT2D eigenvalue weighted by molar-refractivity contribution is 0.269. The van der Waals surface area contributed by atoms with Crippen LogP contribution in [0.1, 0.15) is 18.1 Å².